The van der Waals surface area contributed by atoms with E-state index < -0.39 is 5.82 Å². The number of thioether (sulfide) groups is 1. The standard InChI is InChI=1S/C17H21FN4O2S/c18-14-1-2-15(13(9-14)10-19)21-16(23)20-11-17(3-8-25-12-17)22-4-6-24-7-5-22/h1-2,9H,3-8,11-12H2,(H2,20,21,23). The van der Waals surface area contributed by atoms with Gasteiger partial charge in [0.2, 0.25) is 0 Å². The van der Waals surface area contributed by atoms with E-state index in [1.807, 2.05) is 17.8 Å². The largest absolute Gasteiger partial charge is 0.379 e. The van der Waals surface area contributed by atoms with Crippen molar-refractivity contribution >= 4 is 23.5 Å². The molecule has 2 heterocycles. The first-order valence-corrected chi connectivity index (χ1v) is 9.43. The van der Waals surface area contributed by atoms with E-state index in [1.165, 1.54) is 12.1 Å². The summed E-state index contributed by atoms with van der Waals surface area (Å²) < 4.78 is 18.6. The summed E-state index contributed by atoms with van der Waals surface area (Å²) in [4.78, 5) is 14.7. The predicted octanol–water partition coefficient (Wildman–Crippen LogP) is 2.03. The zero-order valence-corrected chi connectivity index (χ0v) is 14.7. The number of urea groups is 1. The van der Waals surface area contributed by atoms with Crippen molar-refractivity contribution in [2.45, 2.75) is 12.0 Å². The number of halogens is 1. The lowest BCUT2D eigenvalue weighted by atomic mass is 9.95. The van der Waals surface area contributed by atoms with Crippen LogP contribution in [0.5, 0.6) is 0 Å². The Morgan fingerprint density at radius 3 is 2.92 bits per heavy atom. The normalized spacial score (nSPS) is 23.8. The number of hydrogen-bond acceptors (Lipinski definition) is 5. The van der Waals surface area contributed by atoms with Crippen molar-refractivity contribution in [1.29, 1.82) is 5.26 Å². The molecule has 0 aromatic heterocycles. The van der Waals surface area contributed by atoms with Crippen molar-refractivity contribution < 1.29 is 13.9 Å². The molecule has 2 N–H and O–H groups in total. The molecule has 1 aromatic carbocycles. The molecule has 0 bridgehead atoms. The minimum Gasteiger partial charge on any atom is -0.379 e. The molecule has 2 saturated heterocycles. The summed E-state index contributed by atoms with van der Waals surface area (Å²) in [5, 5.41) is 14.6. The lowest BCUT2D eigenvalue weighted by Gasteiger charge is -2.43. The number of rotatable bonds is 4. The van der Waals surface area contributed by atoms with Crippen LogP contribution in [0.1, 0.15) is 12.0 Å². The van der Waals surface area contributed by atoms with Crippen molar-refractivity contribution in [3.8, 4) is 6.07 Å². The number of carbonyl (C=O) groups is 1. The lowest BCUT2D eigenvalue weighted by Crippen LogP contribution is -2.59. The minimum absolute atomic E-state index is 0.0490. The molecule has 6 nitrogen and oxygen atoms in total. The van der Waals surface area contributed by atoms with Crippen molar-refractivity contribution in [2.24, 2.45) is 0 Å². The van der Waals surface area contributed by atoms with Crippen molar-refractivity contribution in [3.63, 3.8) is 0 Å². The smallest absolute Gasteiger partial charge is 0.319 e. The molecule has 0 spiro atoms. The van der Waals surface area contributed by atoms with E-state index in [2.05, 4.69) is 15.5 Å². The first-order valence-electron chi connectivity index (χ1n) is 8.28. The molecule has 1 aromatic rings. The van der Waals surface area contributed by atoms with Crippen LogP contribution in [-0.4, -0.2) is 60.8 Å². The Hall–Kier alpha value is -1.82. The molecular weight excluding hydrogens is 343 g/mol. The van der Waals surface area contributed by atoms with Crippen molar-refractivity contribution in [1.82, 2.24) is 10.2 Å². The third-order valence-corrected chi connectivity index (χ3v) is 5.93. The Kier molecular flexibility index (Phi) is 5.78. The monoisotopic (exact) mass is 364 g/mol. The Morgan fingerprint density at radius 1 is 1.44 bits per heavy atom. The number of ether oxygens (including phenoxy) is 1. The summed E-state index contributed by atoms with van der Waals surface area (Å²) in [6.07, 6.45) is 1.03. The third kappa shape index (κ3) is 4.24. The Morgan fingerprint density at radius 2 is 2.24 bits per heavy atom. The Labute approximate surface area is 150 Å². The number of amides is 2. The molecule has 2 aliphatic rings. The average molecular weight is 364 g/mol. The molecule has 0 aliphatic carbocycles. The zero-order chi connectivity index (χ0) is 17.7. The molecule has 2 amide bonds. The molecule has 1 atom stereocenters. The topological polar surface area (TPSA) is 77.4 Å². The Bertz CT molecular complexity index is 667. The van der Waals surface area contributed by atoms with E-state index in [0.29, 0.717) is 12.2 Å². The van der Waals surface area contributed by atoms with Crippen LogP contribution < -0.4 is 10.6 Å². The summed E-state index contributed by atoms with van der Waals surface area (Å²) in [6.45, 7) is 3.73. The number of anilines is 1. The van der Waals surface area contributed by atoms with E-state index in [-0.39, 0.29) is 17.1 Å². The molecule has 25 heavy (non-hydrogen) atoms. The van der Waals surface area contributed by atoms with Gasteiger partial charge < -0.3 is 15.4 Å². The van der Waals surface area contributed by atoms with E-state index in [0.717, 1.165) is 50.3 Å². The number of morpholine rings is 1. The molecule has 3 rings (SSSR count). The molecular formula is C17H21FN4O2S. The van der Waals surface area contributed by atoms with Crippen molar-refractivity contribution in [2.75, 3.05) is 49.7 Å². The van der Waals surface area contributed by atoms with Gasteiger partial charge in [0, 0.05) is 30.9 Å². The van der Waals surface area contributed by atoms with E-state index >= 15 is 0 Å². The number of hydrogen-bond donors (Lipinski definition) is 2. The summed E-state index contributed by atoms with van der Waals surface area (Å²) in [5.41, 5.74) is 0.365. The van der Waals surface area contributed by atoms with Gasteiger partial charge in [0.05, 0.1) is 24.5 Å². The maximum Gasteiger partial charge on any atom is 0.319 e. The first kappa shape index (κ1) is 18.0. The van der Waals surface area contributed by atoms with Gasteiger partial charge in [-0.15, -0.1) is 0 Å². The highest BCUT2D eigenvalue weighted by Gasteiger charge is 2.40. The second-order valence-corrected chi connectivity index (χ2v) is 7.34. The lowest BCUT2D eigenvalue weighted by molar-refractivity contribution is -0.0123. The summed E-state index contributed by atoms with van der Waals surface area (Å²) >= 11 is 1.90. The summed E-state index contributed by atoms with van der Waals surface area (Å²) in [7, 11) is 0. The second kappa shape index (κ2) is 8.04. The van der Waals surface area contributed by atoms with Crippen molar-refractivity contribution in [3.05, 3.63) is 29.6 Å². The highest BCUT2D eigenvalue weighted by atomic mass is 32.2. The maximum atomic E-state index is 13.2. The molecule has 0 saturated carbocycles. The van der Waals surface area contributed by atoms with Gasteiger partial charge in [0.15, 0.2) is 0 Å². The van der Waals surface area contributed by atoms with E-state index in [1.54, 1.807) is 0 Å². The minimum atomic E-state index is -0.503. The number of carbonyl (C=O) groups excluding carboxylic acids is 1. The van der Waals surface area contributed by atoms with Crippen LogP contribution in [0.4, 0.5) is 14.9 Å². The maximum absolute atomic E-state index is 13.2. The molecule has 1 unspecified atom stereocenters. The Balaban J connectivity index is 1.61. The van der Waals surface area contributed by atoms with Crippen LogP contribution in [0.25, 0.3) is 0 Å². The quantitative estimate of drug-likeness (QED) is 0.855. The SMILES string of the molecule is N#Cc1cc(F)ccc1NC(=O)NCC1(N2CCOCC2)CCSC1. The fraction of sp³-hybridized carbons (Fsp3) is 0.529. The van der Waals surface area contributed by atoms with Gasteiger partial charge >= 0.3 is 6.03 Å². The predicted molar refractivity (Wildman–Crippen MR) is 95.2 cm³/mol. The molecule has 134 valence electrons. The van der Waals surface area contributed by atoms with Gasteiger partial charge in [-0.25, -0.2) is 9.18 Å². The molecule has 8 heteroatoms. The summed E-state index contributed by atoms with van der Waals surface area (Å²) in [5.74, 6) is 1.56. The van der Waals surface area contributed by atoms with Gasteiger partial charge in [-0.1, -0.05) is 0 Å². The number of nitriles is 1. The highest BCUT2D eigenvalue weighted by molar-refractivity contribution is 7.99. The van der Waals surface area contributed by atoms with Crippen LogP contribution in [0.3, 0.4) is 0 Å². The van der Waals surface area contributed by atoms with Gasteiger partial charge in [-0.2, -0.15) is 17.0 Å². The number of nitrogens with one attached hydrogen (secondary N) is 2. The van der Waals surface area contributed by atoms with Gasteiger partial charge in [-0.05, 0) is 30.4 Å². The molecule has 2 fully saturated rings. The molecule has 2 aliphatic heterocycles. The van der Waals surface area contributed by atoms with Crippen LogP contribution in [0.15, 0.2) is 18.2 Å². The van der Waals surface area contributed by atoms with Crippen LogP contribution >= 0.6 is 11.8 Å². The zero-order valence-electron chi connectivity index (χ0n) is 13.9. The summed E-state index contributed by atoms with van der Waals surface area (Å²) in [6, 6.07) is 5.24. The number of benzene rings is 1. The van der Waals surface area contributed by atoms with Gasteiger partial charge in [0.1, 0.15) is 11.9 Å². The highest BCUT2D eigenvalue weighted by Crippen LogP contribution is 2.33. The third-order valence-electron chi connectivity index (χ3n) is 4.69. The van der Waals surface area contributed by atoms with Crippen LogP contribution in [0, 0.1) is 17.1 Å². The fourth-order valence-corrected chi connectivity index (χ4v) is 4.74. The van der Waals surface area contributed by atoms with Crippen LogP contribution in [-0.2, 0) is 4.74 Å². The fourth-order valence-electron chi connectivity index (χ4n) is 3.26. The molecule has 0 radical (unpaired) electrons. The van der Waals surface area contributed by atoms with Crippen LogP contribution in [0.2, 0.25) is 0 Å². The van der Waals surface area contributed by atoms with Gasteiger partial charge in [0.25, 0.3) is 0 Å². The number of nitrogens with zero attached hydrogens (tertiary/aromatic N) is 2. The first-order chi connectivity index (χ1) is 12.1. The second-order valence-electron chi connectivity index (χ2n) is 6.24. The van der Waals surface area contributed by atoms with Gasteiger partial charge in [-0.3, -0.25) is 4.90 Å². The average Bonchev–Trinajstić information content (AvgIpc) is 3.12. The van der Waals surface area contributed by atoms with E-state index in [4.69, 9.17) is 10.00 Å². The van der Waals surface area contributed by atoms with E-state index in [9.17, 15) is 9.18 Å².